The number of anilines is 1. The maximum Gasteiger partial charge on any atom is 0.267 e. The molecule has 0 spiro atoms. The van der Waals surface area contributed by atoms with Crippen LogP contribution in [-0.4, -0.2) is 17.2 Å². The quantitative estimate of drug-likeness (QED) is 0.591. The van der Waals surface area contributed by atoms with Gasteiger partial charge in [0.05, 0.1) is 11.7 Å². The summed E-state index contributed by atoms with van der Waals surface area (Å²) in [6, 6.07) is 4.83. The molecule has 0 aliphatic carbocycles. The van der Waals surface area contributed by atoms with Crippen LogP contribution in [0.3, 0.4) is 0 Å². The van der Waals surface area contributed by atoms with E-state index in [2.05, 4.69) is 0 Å². The number of hydrogen-bond acceptors (Lipinski definition) is 3. The van der Waals surface area contributed by atoms with Crippen LogP contribution in [0.1, 0.15) is 11.1 Å². The fraction of sp³-hybridized carbons (Fsp3) is 0.300. The summed E-state index contributed by atoms with van der Waals surface area (Å²) < 4.78 is 0. The molecule has 4 nitrogen and oxygen atoms in total. The number of carbonyl (C=O) groups is 1. The zero-order valence-electron chi connectivity index (χ0n) is 7.90. The molecule has 1 atom stereocenters. The molecule has 0 radical (unpaired) electrons. The lowest BCUT2D eigenvalue weighted by atomic mass is 9.95. The Morgan fingerprint density at radius 1 is 1.57 bits per heavy atom. The molecule has 74 valence electrons. The van der Waals surface area contributed by atoms with Crippen molar-refractivity contribution >= 4 is 11.6 Å². The smallest absolute Gasteiger partial charge is 0.267 e. The minimum atomic E-state index is -0.631. The summed E-state index contributed by atoms with van der Waals surface area (Å²) in [4.78, 5) is 11.4. The van der Waals surface area contributed by atoms with E-state index in [1.807, 2.05) is 19.1 Å². The number of fused-ring (bicyclic) bond motifs is 1. The maximum atomic E-state index is 11.4. The average molecular weight is 192 g/mol. The van der Waals surface area contributed by atoms with E-state index in [9.17, 15) is 10.0 Å². The van der Waals surface area contributed by atoms with E-state index in [1.165, 1.54) is 0 Å². The molecular formula is C10H12N2O2. The molecule has 0 saturated carbocycles. The maximum absolute atomic E-state index is 11.4. The molecule has 14 heavy (non-hydrogen) atoms. The van der Waals surface area contributed by atoms with Crippen LogP contribution >= 0.6 is 0 Å². The minimum Gasteiger partial charge on any atom is -0.320 e. The van der Waals surface area contributed by atoms with Gasteiger partial charge in [-0.1, -0.05) is 12.1 Å². The van der Waals surface area contributed by atoms with Crippen molar-refractivity contribution in [1.29, 1.82) is 0 Å². The fourth-order valence-corrected chi connectivity index (χ4v) is 1.73. The summed E-state index contributed by atoms with van der Waals surface area (Å²) in [6.07, 6.45) is 0.498. The van der Waals surface area contributed by atoms with Gasteiger partial charge >= 0.3 is 0 Å². The Kier molecular flexibility index (Phi) is 2.02. The van der Waals surface area contributed by atoms with Gasteiger partial charge in [-0.3, -0.25) is 10.0 Å². The normalized spacial score (nSPS) is 20.9. The molecule has 2 rings (SSSR count). The molecule has 1 aromatic rings. The molecule has 1 heterocycles. The van der Waals surface area contributed by atoms with Crippen molar-refractivity contribution in [3.8, 4) is 0 Å². The SMILES string of the molecule is Cc1cccc2c1CC(N)C(=O)N2O. The number of aryl methyl sites for hydroxylation is 1. The third kappa shape index (κ3) is 1.20. The first-order valence-corrected chi connectivity index (χ1v) is 4.48. The van der Waals surface area contributed by atoms with Gasteiger partial charge < -0.3 is 5.73 Å². The number of nitrogens with zero attached hydrogens (tertiary/aromatic N) is 1. The van der Waals surface area contributed by atoms with Crippen molar-refractivity contribution in [3.63, 3.8) is 0 Å². The van der Waals surface area contributed by atoms with Crippen LogP contribution in [0.5, 0.6) is 0 Å². The van der Waals surface area contributed by atoms with E-state index >= 15 is 0 Å². The molecule has 3 N–H and O–H groups in total. The van der Waals surface area contributed by atoms with Crippen molar-refractivity contribution in [2.75, 3.05) is 5.06 Å². The molecule has 0 saturated heterocycles. The number of hydrogen-bond donors (Lipinski definition) is 2. The first kappa shape index (κ1) is 9.18. The highest BCUT2D eigenvalue weighted by Gasteiger charge is 2.30. The summed E-state index contributed by atoms with van der Waals surface area (Å²) in [5.74, 6) is -0.442. The molecular weight excluding hydrogens is 180 g/mol. The zero-order valence-corrected chi connectivity index (χ0v) is 7.90. The third-order valence-electron chi connectivity index (χ3n) is 2.56. The first-order chi connectivity index (χ1) is 6.61. The van der Waals surface area contributed by atoms with Crippen molar-refractivity contribution < 1.29 is 10.0 Å². The van der Waals surface area contributed by atoms with E-state index in [1.54, 1.807) is 6.07 Å². The summed E-state index contributed by atoms with van der Waals surface area (Å²) in [5, 5.41) is 10.2. The second-order valence-electron chi connectivity index (χ2n) is 3.53. The van der Waals surface area contributed by atoms with Crippen molar-refractivity contribution in [2.24, 2.45) is 5.73 Å². The third-order valence-corrected chi connectivity index (χ3v) is 2.56. The number of benzene rings is 1. The Labute approximate surface area is 81.9 Å². The lowest BCUT2D eigenvalue weighted by Crippen LogP contribution is -2.47. The monoisotopic (exact) mass is 192 g/mol. The van der Waals surface area contributed by atoms with Gasteiger partial charge in [0.15, 0.2) is 0 Å². The van der Waals surface area contributed by atoms with Crippen LogP contribution in [0.4, 0.5) is 5.69 Å². The molecule has 0 fully saturated rings. The lowest BCUT2D eigenvalue weighted by Gasteiger charge is -2.28. The zero-order chi connectivity index (χ0) is 10.3. The first-order valence-electron chi connectivity index (χ1n) is 4.48. The van der Waals surface area contributed by atoms with Crippen molar-refractivity contribution in [3.05, 3.63) is 29.3 Å². The molecule has 1 aliphatic heterocycles. The second-order valence-corrected chi connectivity index (χ2v) is 3.53. The highest BCUT2D eigenvalue weighted by Crippen LogP contribution is 2.28. The van der Waals surface area contributed by atoms with E-state index in [0.29, 0.717) is 17.2 Å². The summed E-state index contributed by atoms with van der Waals surface area (Å²) in [6.45, 7) is 1.94. The molecule has 1 amide bonds. The van der Waals surface area contributed by atoms with Gasteiger partial charge in [0.2, 0.25) is 0 Å². The number of carbonyl (C=O) groups excluding carboxylic acids is 1. The Morgan fingerprint density at radius 2 is 2.29 bits per heavy atom. The summed E-state index contributed by atoms with van der Waals surface area (Å²) >= 11 is 0. The van der Waals surface area contributed by atoms with Gasteiger partial charge in [-0.25, -0.2) is 0 Å². The Morgan fingerprint density at radius 3 is 3.00 bits per heavy atom. The number of hydroxylamine groups is 1. The van der Waals surface area contributed by atoms with E-state index < -0.39 is 11.9 Å². The van der Waals surface area contributed by atoms with Crippen LogP contribution in [0.2, 0.25) is 0 Å². The largest absolute Gasteiger partial charge is 0.320 e. The highest BCUT2D eigenvalue weighted by atomic mass is 16.5. The van der Waals surface area contributed by atoms with E-state index in [0.717, 1.165) is 11.1 Å². The van der Waals surface area contributed by atoms with Crippen LogP contribution in [-0.2, 0) is 11.2 Å². The topological polar surface area (TPSA) is 66.6 Å². The van der Waals surface area contributed by atoms with Gasteiger partial charge in [-0.15, -0.1) is 0 Å². The van der Waals surface area contributed by atoms with E-state index in [4.69, 9.17) is 5.73 Å². The number of amides is 1. The predicted molar refractivity (Wildman–Crippen MR) is 52.1 cm³/mol. The fourth-order valence-electron chi connectivity index (χ4n) is 1.73. The van der Waals surface area contributed by atoms with Crippen LogP contribution in [0.25, 0.3) is 0 Å². The Balaban J connectivity index is 2.56. The highest BCUT2D eigenvalue weighted by molar-refractivity contribution is 5.98. The van der Waals surface area contributed by atoms with Gasteiger partial charge in [0.25, 0.3) is 5.91 Å². The average Bonchev–Trinajstić information content (AvgIpc) is 2.17. The predicted octanol–water partition coefficient (Wildman–Crippen LogP) is 0.601. The minimum absolute atomic E-state index is 0.442. The van der Waals surface area contributed by atoms with E-state index in [-0.39, 0.29) is 0 Å². The molecule has 4 heteroatoms. The lowest BCUT2D eigenvalue weighted by molar-refractivity contribution is -0.125. The van der Waals surface area contributed by atoms with Crippen LogP contribution < -0.4 is 10.8 Å². The molecule has 0 bridgehead atoms. The van der Waals surface area contributed by atoms with Gasteiger partial charge in [0.1, 0.15) is 0 Å². The Bertz CT molecular complexity index is 390. The van der Waals surface area contributed by atoms with Gasteiger partial charge in [-0.2, -0.15) is 5.06 Å². The van der Waals surface area contributed by atoms with Gasteiger partial charge in [0, 0.05) is 0 Å². The molecule has 1 aliphatic rings. The summed E-state index contributed by atoms with van der Waals surface area (Å²) in [5.41, 5.74) is 8.15. The summed E-state index contributed by atoms with van der Waals surface area (Å²) in [7, 11) is 0. The van der Waals surface area contributed by atoms with Crippen LogP contribution in [0, 0.1) is 6.92 Å². The van der Waals surface area contributed by atoms with Crippen LogP contribution in [0.15, 0.2) is 18.2 Å². The number of nitrogens with two attached hydrogens (primary N) is 1. The van der Waals surface area contributed by atoms with Gasteiger partial charge in [-0.05, 0) is 30.5 Å². The molecule has 1 aromatic carbocycles. The number of rotatable bonds is 0. The Hall–Kier alpha value is -1.39. The molecule has 1 unspecified atom stereocenters. The van der Waals surface area contributed by atoms with Crippen molar-refractivity contribution in [1.82, 2.24) is 0 Å². The standard InChI is InChI=1S/C10H12N2O2/c1-6-3-2-4-9-7(6)5-8(11)10(13)12(9)14/h2-4,8,14H,5,11H2,1H3. The second kappa shape index (κ2) is 3.08. The molecule has 0 aromatic heterocycles. The van der Waals surface area contributed by atoms with Crippen molar-refractivity contribution in [2.45, 2.75) is 19.4 Å².